The average molecular weight is 214 g/mol. The molecule has 0 N–H and O–H groups in total. The molecule has 0 saturated carbocycles. The van der Waals surface area contributed by atoms with Crippen LogP contribution in [-0.2, 0) is 4.84 Å². The third-order valence-corrected chi connectivity index (χ3v) is 2.11. The predicted molar refractivity (Wildman–Crippen MR) is 62.0 cm³/mol. The highest BCUT2D eigenvalue weighted by Gasteiger charge is 2.21. The largest absolute Gasteiger partial charge is 0.436 e. The molecular formula is C11H22N2O2. The second-order valence-corrected chi connectivity index (χ2v) is 4.13. The van der Waals surface area contributed by atoms with Crippen LogP contribution in [0.3, 0.4) is 0 Å². The summed E-state index contributed by atoms with van der Waals surface area (Å²) in [5.41, 5.74) is 0.816. The molecule has 0 aromatic carbocycles. The molecule has 0 unspecified atom stereocenters. The smallest absolute Gasteiger partial charge is 0.301 e. The van der Waals surface area contributed by atoms with E-state index >= 15 is 0 Å². The van der Waals surface area contributed by atoms with Crippen LogP contribution < -0.4 is 0 Å². The van der Waals surface area contributed by atoms with Crippen molar-refractivity contribution in [2.24, 2.45) is 5.16 Å². The molecule has 1 amide bonds. The first-order valence-corrected chi connectivity index (χ1v) is 5.42. The number of hydrogen-bond acceptors (Lipinski definition) is 3. The van der Waals surface area contributed by atoms with Gasteiger partial charge in [0.05, 0.1) is 5.71 Å². The van der Waals surface area contributed by atoms with Gasteiger partial charge in [-0.3, -0.25) is 4.84 Å². The van der Waals surface area contributed by atoms with Crippen molar-refractivity contribution in [1.29, 1.82) is 0 Å². The molecule has 0 fully saturated rings. The van der Waals surface area contributed by atoms with E-state index in [2.05, 4.69) is 5.16 Å². The van der Waals surface area contributed by atoms with E-state index < -0.39 is 0 Å². The monoisotopic (exact) mass is 214 g/mol. The Morgan fingerprint density at radius 3 is 2.07 bits per heavy atom. The molecule has 0 aromatic rings. The van der Waals surface area contributed by atoms with Gasteiger partial charge in [-0.25, -0.2) is 4.79 Å². The Balaban J connectivity index is 4.40. The van der Waals surface area contributed by atoms with Crippen molar-refractivity contribution in [3.8, 4) is 0 Å². The molecule has 15 heavy (non-hydrogen) atoms. The van der Waals surface area contributed by atoms with Gasteiger partial charge in [-0.05, 0) is 41.0 Å². The minimum Gasteiger partial charge on any atom is -0.301 e. The van der Waals surface area contributed by atoms with E-state index in [9.17, 15) is 4.79 Å². The van der Waals surface area contributed by atoms with Gasteiger partial charge in [-0.15, -0.1) is 0 Å². The number of nitrogens with zero attached hydrogens (tertiary/aromatic N) is 2. The highest BCUT2D eigenvalue weighted by atomic mass is 16.7. The molecule has 88 valence electrons. The molecule has 0 radical (unpaired) electrons. The average Bonchev–Trinajstić information content (AvgIpc) is 2.12. The first kappa shape index (κ1) is 13.9. The zero-order valence-electron chi connectivity index (χ0n) is 10.6. The third-order valence-electron chi connectivity index (χ3n) is 2.11. The van der Waals surface area contributed by atoms with Crippen molar-refractivity contribution in [3.05, 3.63) is 0 Å². The molecule has 0 spiro atoms. The van der Waals surface area contributed by atoms with E-state index in [1.807, 2.05) is 41.5 Å². The number of carbonyl (C=O) groups excluding carboxylic acids is 1. The zero-order valence-corrected chi connectivity index (χ0v) is 10.6. The van der Waals surface area contributed by atoms with Crippen molar-refractivity contribution >= 4 is 11.8 Å². The molecule has 0 saturated heterocycles. The van der Waals surface area contributed by atoms with E-state index in [0.717, 1.165) is 12.1 Å². The van der Waals surface area contributed by atoms with Crippen molar-refractivity contribution in [3.63, 3.8) is 0 Å². The lowest BCUT2D eigenvalue weighted by Gasteiger charge is -2.28. The van der Waals surface area contributed by atoms with Gasteiger partial charge in [0.25, 0.3) is 0 Å². The van der Waals surface area contributed by atoms with Crippen molar-refractivity contribution in [1.82, 2.24) is 4.90 Å². The van der Waals surface area contributed by atoms with E-state index in [0.29, 0.717) is 0 Å². The van der Waals surface area contributed by atoms with Gasteiger partial charge < -0.3 is 4.90 Å². The second kappa shape index (κ2) is 6.43. The first-order valence-electron chi connectivity index (χ1n) is 5.42. The molecule has 0 heterocycles. The molecule has 0 bridgehead atoms. The maximum absolute atomic E-state index is 11.6. The summed E-state index contributed by atoms with van der Waals surface area (Å²) >= 11 is 0. The summed E-state index contributed by atoms with van der Waals surface area (Å²) in [5.74, 6) is 0. The number of hydrogen-bond donors (Lipinski definition) is 0. The van der Waals surface area contributed by atoms with E-state index in [4.69, 9.17) is 4.84 Å². The Kier molecular flexibility index (Phi) is 5.97. The Morgan fingerprint density at radius 1 is 1.27 bits per heavy atom. The van der Waals surface area contributed by atoms with Crippen LogP contribution in [-0.4, -0.2) is 28.8 Å². The molecule has 4 heteroatoms. The Hall–Kier alpha value is -1.06. The standard InChI is InChI=1S/C11H22N2O2/c1-7-10(6)12-15-11(14)13(8(2)3)9(4)5/h8-9H,7H2,1-6H3/b12-10+. The fourth-order valence-electron chi connectivity index (χ4n) is 1.25. The zero-order chi connectivity index (χ0) is 12.0. The predicted octanol–water partition coefficient (Wildman–Crippen LogP) is 3.03. The van der Waals surface area contributed by atoms with Gasteiger partial charge in [0.2, 0.25) is 0 Å². The van der Waals surface area contributed by atoms with Crippen LogP contribution in [0.5, 0.6) is 0 Å². The summed E-state index contributed by atoms with van der Waals surface area (Å²) in [6.07, 6.45) is 0.407. The Bertz CT molecular complexity index is 227. The third kappa shape index (κ3) is 4.81. The molecule has 4 nitrogen and oxygen atoms in total. The van der Waals surface area contributed by atoms with Gasteiger partial charge >= 0.3 is 6.09 Å². The summed E-state index contributed by atoms with van der Waals surface area (Å²) in [6, 6.07) is 0.240. The minimum absolute atomic E-state index is 0.120. The van der Waals surface area contributed by atoms with E-state index in [1.54, 1.807) is 4.90 Å². The van der Waals surface area contributed by atoms with Crippen molar-refractivity contribution in [2.75, 3.05) is 0 Å². The van der Waals surface area contributed by atoms with Crippen LogP contribution in [0, 0.1) is 0 Å². The number of rotatable bonds is 4. The quantitative estimate of drug-likeness (QED) is 0.410. The summed E-state index contributed by atoms with van der Waals surface area (Å²) in [6.45, 7) is 11.6. The van der Waals surface area contributed by atoms with Crippen LogP contribution in [0.2, 0.25) is 0 Å². The van der Waals surface area contributed by atoms with Crippen molar-refractivity contribution in [2.45, 2.75) is 60.0 Å². The lowest BCUT2D eigenvalue weighted by Crippen LogP contribution is -2.41. The summed E-state index contributed by atoms with van der Waals surface area (Å²) in [7, 11) is 0. The van der Waals surface area contributed by atoms with Crippen LogP contribution in [0.4, 0.5) is 4.79 Å². The highest BCUT2D eigenvalue weighted by molar-refractivity contribution is 5.81. The molecule has 0 aliphatic heterocycles. The number of carbonyl (C=O) groups is 1. The van der Waals surface area contributed by atoms with E-state index in [1.165, 1.54) is 0 Å². The van der Waals surface area contributed by atoms with Gasteiger partial charge in [-0.2, -0.15) is 0 Å². The molecular weight excluding hydrogens is 192 g/mol. The van der Waals surface area contributed by atoms with Gasteiger partial charge in [-0.1, -0.05) is 12.1 Å². The fraction of sp³-hybridized carbons (Fsp3) is 0.818. The Labute approximate surface area is 92.3 Å². The Morgan fingerprint density at radius 2 is 1.73 bits per heavy atom. The van der Waals surface area contributed by atoms with Gasteiger partial charge in [0.15, 0.2) is 0 Å². The fourth-order valence-corrected chi connectivity index (χ4v) is 1.25. The maximum atomic E-state index is 11.6. The number of oxime groups is 1. The van der Waals surface area contributed by atoms with E-state index in [-0.39, 0.29) is 18.2 Å². The summed E-state index contributed by atoms with van der Waals surface area (Å²) < 4.78 is 0. The van der Waals surface area contributed by atoms with Crippen LogP contribution >= 0.6 is 0 Å². The first-order chi connectivity index (χ1) is 6.90. The van der Waals surface area contributed by atoms with Crippen molar-refractivity contribution < 1.29 is 9.63 Å². The SMILES string of the molecule is CC/C(C)=N/OC(=O)N(C(C)C)C(C)C. The molecule has 0 aliphatic rings. The van der Waals surface area contributed by atoms with Crippen LogP contribution in [0.25, 0.3) is 0 Å². The number of amides is 1. The maximum Gasteiger partial charge on any atom is 0.436 e. The highest BCUT2D eigenvalue weighted by Crippen LogP contribution is 2.07. The molecule has 0 atom stereocenters. The summed E-state index contributed by atoms with van der Waals surface area (Å²) in [5, 5.41) is 3.75. The molecule has 0 aromatic heterocycles. The molecule has 0 rings (SSSR count). The lowest BCUT2D eigenvalue weighted by atomic mass is 10.2. The van der Waals surface area contributed by atoms with Gasteiger partial charge in [0, 0.05) is 12.1 Å². The topological polar surface area (TPSA) is 41.9 Å². The minimum atomic E-state index is -0.382. The van der Waals surface area contributed by atoms with Crippen LogP contribution in [0.15, 0.2) is 5.16 Å². The molecule has 0 aliphatic carbocycles. The van der Waals surface area contributed by atoms with Gasteiger partial charge in [0.1, 0.15) is 0 Å². The second-order valence-electron chi connectivity index (χ2n) is 4.13. The normalized spacial score (nSPS) is 12.1. The summed E-state index contributed by atoms with van der Waals surface area (Å²) in [4.78, 5) is 18.2. The lowest BCUT2D eigenvalue weighted by molar-refractivity contribution is 0.0814. The van der Waals surface area contributed by atoms with Crippen LogP contribution in [0.1, 0.15) is 48.0 Å².